The SMILES string of the molecule is CC(C)CC(NC(=O)c1cnn(-c2ccccc2)n1)C(=O)O. The third-order valence-corrected chi connectivity index (χ3v) is 3.02. The fraction of sp³-hybridized carbons (Fsp3) is 0.333. The summed E-state index contributed by atoms with van der Waals surface area (Å²) in [6.07, 6.45) is 1.67. The number of amides is 1. The molecule has 2 N–H and O–H groups in total. The van der Waals surface area contributed by atoms with E-state index in [1.165, 1.54) is 11.0 Å². The molecular formula is C15H18N4O3. The van der Waals surface area contributed by atoms with Crippen LogP contribution in [0.25, 0.3) is 5.69 Å². The standard InChI is InChI=1S/C15H18N4O3/c1-10(2)8-12(15(21)22)17-14(20)13-9-16-19(18-13)11-6-4-3-5-7-11/h3-7,9-10,12H,8H2,1-2H3,(H,17,20)(H,21,22). The lowest BCUT2D eigenvalue weighted by Gasteiger charge is -2.15. The average Bonchev–Trinajstić information content (AvgIpc) is 2.96. The Hall–Kier alpha value is -2.70. The van der Waals surface area contributed by atoms with Gasteiger partial charge < -0.3 is 10.4 Å². The molecule has 1 amide bonds. The van der Waals surface area contributed by atoms with Gasteiger partial charge in [-0.2, -0.15) is 9.90 Å². The molecule has 0 radical (unpaired) electrons. The molecule has 0 saturated heterocycles. The normalized spacial score (nSPS) is 12.1. The second kappa shape index (κ2) is 6.84. The van der Waals surface area contributed by atoms with Crippen LogP contribution >= 0.6 is 0 Å². The molecule has 1 atom stereocenters. The summed E-state index contributed by atoms with van der Waals surface area (Å²) in [5.74, 6) is -1.45. The molecule has 1 unspecified atom stereocenters. The Morgan fingerprint density at radius 2 is 1.95 bits per heavy atom. The van der Waals surface area contributed by atoms with Crippen LogP contribution in [-0.2, 0) is 4.79 Å². The van der Waals surface area contributed by atoms with Gasteiger partial charge in [0.15, 0.2) is 5.69 Å². The molecule has 0 aliphatic rings. The lowest BCUT2D eigenvalue weighted by Crippen LogP contribution is -2.41. The van der Waals surface area contributed by atoms with Crippen molar-refractivity contribution >= 4 is 11.9 Å². The molecule has 1 aromatic heterocycles. The van der Waals surface area contributed by atoms with Crippen LogP contribution in [0.15, 0.2) is 36.5 Å². The number of carbonyl (C=O) groups is 2. The Kier molecular flexibility index (Phi) is 4.88. The van der Waals surface area contributed by atoms with Gasteiger partial charge in [-0.15, -0.1) is 5.10 Å². The number of carbonyl (C=O) groups excluding carboxylic acids is 1. The van der Waals surface area contributed by atoms with Gasteiger partial charge in [0, 0.05) is 0 Å². The van der Waals surface area contributed by atoms with Crippen LogP contribution in [0.5, 0.6) is 0 Å². The zero-order valence-corrected chi connectivity index (χ0v) is 12.4. The molecule has 0 saturated carbocycles. The summed E-state index contributed by atoms with van der Waals surface area (Å²) in [5.41, 5.74) is 0.803. The van der Waals surface area contributed by atoms with Gasteiger partial charge in [0.05, 0.1) is 11.9 Å². The first-order chi connectivity index (χ1) is 10.5. The third-order valence-electron chi connectivity index (χ3n) is 3.02. The number of carboxylic acid groups (broad SMARTS) is 1. The largest absolute Gasteiger partial charge is 0.480 e. The quantitative estimate of drug-likeness (QED) is 0.842. The van der Waals surface area contributed by atoms with Gasteiger partial charge >= 0.3 is 5.97 Å². The molecule has 116 valence electrons. The van der Waals surface area contributed by atoms with Crippen molar-refractivity contribution < 1.29 is 14.7 Å². The maximum Gasteiger partial charge on any atom is 0.326 e. The van der Waals surface area contributed by atoms with Crippen molar-refractivity contribution in [3.05, 3.63) is 42.2 Å². The predicted molar refractivity (Wildman–Crippen MR) is 79.7 cm³/mol. The molecule has 1 aromatic carbocycles. The highest BCUT2D eigenvalue weighted by atomic mass is 16.4. The van der Waals surface area contributed by atoms with Gasteiger partial charge in [-0.3, -0.25) is 4.79 Å². The topological polar surface area (TPSA) is 97.1 Å². The van der Waals surface area contributed by atoms with E-state index in [9.17, 15) is 9.59 Å². The molecule has 0 spiro atoms. The van der Waals surface area contributed by atoms with Gasteiger partial charge in [-0.1, -0.05) is 32.0 Å². The fourth-order valence-electron chi connectivity index (χ4n) is 1.98. The molecule has 2 rings (SSSR count). The van der Waals surface area contributed by atoms with Crippen LogP contribution in [0, 0.1) is 5.92 Å². The highest BCUT2D eigenvalue weighted by molar-refractivity contribution is 5.94. The number of hydrogen-bond donors (Lipinski definition) is 2. The minimum Gasteiger partial charge on any atom is -0.480 e. The van der Waals surface area contributed by atoms with Crippen molar-refractivity contribution in [1.82, 2.24) is 20.3 Å². The first-order valence-corrected chi connectivity index (χ1v) is 6.99. The van der Waals surface area contributed by atoms with Crippen LogP contribution in [0.4, 0.5) is 0 Å². The lowest BCUT2D eigenvalue weighted by atomic mass is 10.0. The summed E-state index contributed by atoms with van der Waals surface area (Å²) in [5, 5.41) is 19.7. The number of nitrogens with one attached hydrogen (secondary N) is 1. The maximum atomic E-state index is 12.1. The molecular weight excluding hydrogens is 284 g/mol. The van der Waals surface area contributed by atoms with E-state index in [-0.39, 0.29) is 11.6 Å². The van der Waals surface area contributed by atoms with E-state index in [1.807, 2.05) is 32.0 Å². The molecule has 0 aliphatic heterocycles. The van der Waals surface area contributed by atoms with E-state index >= 15 is 0 Å². The zero-order valence-electron chi connectivity index (χ0n) is 12.4. The second-order valence-corrected chi connectivity index (χ2v) is 5.35. The summed E-state index contributed by atoms with van der Waals surface area (Å²) < 4.78 is 0. The number of para-hydroxylation sites is 1. The summed E-state index contributed by atoms with van der Waals surface area (Å²) in [6.45, 7) is 3.79. The number of nitrogens with zero attached hydrogens (tertiary/aromatic N) is 3. The van der Waals surface area contributed by atoms with Gasteiger partial charge in [0.2, 0.25) is 0 Å². The molecule has 2 aromatic rings. The molecule has 0 bridgehead atoms. The van der Waals surface area contributed by atoms with E-state index in [4.69, 9.17) is 5.11 Å². The Bertz CT molecular complexity index is 652. The highest BCUT2D eigenvalue weighted by Crippen LogP contribution is 2.07. The van der Waals surface area contributed by atoms with Crippen LogP contribution in [0.2, 0.25) is 0 Å². The van der Waals surface area contributed by atoms with Gasteiger partial charge in [0.25, 0.3) is 5.91 Å². The summed E-state index contributed by atoms with van der Waals surface area (Å²) >= 11 is 0. The first-order valence-electron chi connectivity index (χ1n) is 6.99. The Morgan fingerprint density at radius 3 is 2.55 bits per heavy atom. The van der Waals surface area contributed by atoms with E-state index < -0.39 is 17.9 Å². The lowest BCUT2D eigenvalue weighted by molar-refractivity contribution is -0.139. The number of hydrogen-bond acceptors (Lipinski definition) is 4. The Labute approximate surface area is 128 Å². The highest BCUT2D eigenvalue weighted by Gasteiger charge is 2.23. The van der Waals surface area contributed by atoms with Gasteiger partial charge in [0.1, 0.15) is 6.04 Å². The molecule has 7 heteroatoms. The van der Waals surface area contributed by atoms with Crippen molar-refractivity contribution in [3.8, 4) is 5.69 Å². The fourth-order valence-corrected chi connectivity index (χ4v) is 1.98. The van der Waals surface area contributed by atoms with Gasteiger partial charge in [-0.05, 0) is 24.5 Å². The molecule has 1 heterocycles. The van der Waals surface area contributed by atoms with E-state index in [0.717, 1.165) is 5.69 Å². The van der Waals surface area contributed by atoms with Crippen LogP contribution in [-0.4, -0.2) is 38.0 Å². The number of carboxylic acids is 1. The second-order valence-electron chi connectivity index (χ2n) is 5.35. The number of aromatic nitrogens is 3. The summed E-state index contributed by atoms with van der Waals surface area (Å²) in [6, 6.07) is 8.21. The smallest absolute Gasteiger partial charge is 0.326 e. The maximum absolute atomic E-state index is 12.1. The third kappa shape index (κ3) is 3.91. The van der Waals surface area contributed by atoms with Crippen LogP contribution < -0.4 is 5.32 Å². The van der Waals surface area contributed by atoms with Crippen molar-refractivity contribution in [1.29, 1.82) is 0 Å². The first kappa shape index (κ1) is 15.7. The molecule has 22 heavy (non-hydrogen) atoms. The number of rotatable bonds is 6. The van der Waals surface area contributed by atoms with E-state index in [2.05, 4.69) is 15.5 Å². The van der Waals surface area contributed by atoms with Crippen molar-refractivity contribution in [2.45, 2.75) is 26.3 Å². The minimum absolute atomic E-state index is 0.0823. The van der Waals surface area contributed by atoms with Gasteiger partial charge in [-0.25, -0.2) is 4.79 Å². The van der Waals surface area contributed by atoms with Crippen molar-refractivity contribution in [2.24, 2.45) is 5.92 Å². The Morgan fingerprint density at radius 1 is 1.27 bits per heavy atom. The molecule has 0 fully saturated rings. The summed E-state index contributed by atoms with van der Waals surface area (Å²) in [4.78, 5) is 24.6. The number of benzene rings is 1. The van der Waals surface area contributed by atoms with Crippen molar-refractivity contribution in [2.75, 3.05) is 0 Å². The molecule has 7 nitrogen and oxygen atoms in total. The van der Waals surface area contributed by atoms with E-state index in [0.29, 0.717) is 6.42 Å². The zero-order chi connectivity index (χ0) is 16.1. The summed E-state index contributed by atoms with van der Waals surface area (Å²) in [7, 11) is 0. The Balaban J connectivity index is 2.10. The predicted octanol–water partition coefficient (Wildman–Crippen LogP) is 1.50. The number of aliphatic carboxylic acids is 1. The van der Waals surface area contributed by atoms with Crippen LogP contribution in [0.3, 0.4) is 0 Å². The monoisotopic (exact) mass is 302 g/mol. The van der Waals surface area contributed by atoms with Crippen LogP contribution in [0.1, 0.15) is 30.8 Å². The minimum atomic E-state index is -1.06. The average molecular weight is 302 g/mol. The van der Waals surface area contributed by atoms with E-state index in [1.54, 1.807) is 12.1 Å². The van der Waals surface area contributed by atoms with Crippen molar-refractivity contribution in [3.63, 3.8) is 0 Å². The molecule has 0 aliphatic carbocycles.